The number of carbonyl (C=O) groups is 1. The van der Waals surface area contributed by atoms with Crippen LogP contribution in [0.3, 0.4) is 0 Å². The van der Waals surface area contributed by atoms with Gasteiger partial charge in [0.15, 0.2) is 0 Å². The Morgan fingerprint density at radius 3 is 2.52 bits per heavy atom. The van der Waals surface area contributed by atoms with Crippen LogP contribution in [0.2, 0.25) is 0 Å². The predicted molar refractivity (Wildman–Crippen MR) is 85.0 cm³/mol. The van der Waals surface area contributed by atoms with Gasteiger partial charge in [-0.3, -0.25) is 4.79 Å². The molecule has 0 aliphatic carbocycles. The first-order valence-corrected chi connectivity index (χ1v) is 7.31. The number of hydrogen-bond acceptors (Lipinski definition) is 1. The summed E-state index contributed by atoms with van der Waals surface area (Å²) < 4.78 is 0. The maximum Gasteiger partial charge on any atom is 0.255 e. The number of hydrogen-bond donors (Lipinski definition) is 0. The lowest BCUT2D eigenvalue weighted by molar-refractivity contribution is 0.0645. The van der Waals surface area contributed by atoms with Gasteiger partial charge in [-0.2, -0.15) is 0 Å². The van der Waals surface area contributed by atoms with Crippen molar-refractivity contribution >= 4 is 5.91 Å². The molecule has 1 aliphatic rings. The topological polar surface area (TPSA) is 20.3 Å². The van der Waals surface area contributed by atoms with Gasteiger partial charge in [0.25, 0.3) is 5.91 Å². The molecule has 3 rings (SSSR count). The molecule has 0 radical (unpaired) electrons. The Kier molecular flexibility index (Phi) is 3.61. The number of fused-ring (bicyclic) bond motifs is 1. The Balaban J connectivity index is 2.02. The summed E-state index contributed by atoms with van der Waals surface area (Å²) in [5, 5.41) is 0. The molecule has 1 amide bonds. The minimum absolute atomic E-state index is 0.0519. The Hall–Kier alpha value is -2.35. The average molecular weight is 277 g/mol. The number of nitrogens with zero attached hydrogens (tertiary/aromatic N) is 1. The summed E-state index contributed by atoms with van der Waals surface area (Å²) in [6.45, 7) is 5.94. The second-order valence-corrected chi connectivity index (χ2v) is 5.43. The van der Waals surface area contributed by atoms with Crippen molar-refractivity contribution in [2.75, 3.05) is 0 Å². The van der Waals surface area contributed by atoms with Gasteiger partial charge in [-0.25, -0.2) is 0 Å². The third-order valence-corrected chi connectivity index (χ3v) is 4.21. The van der Waals surface area contributed by atoms with E-state index in [2.05, 4.69) is 31.7 Å². The van der Waals surface area contributed by atoms with Crippen molar-refractivity contribution in [3.63, 3.8) is 0 Å². The van der Waals surface area contributed by atoms with Crippen LogP contribution in [0, 0.1) is 0 Å². The van der Waals surface area contributed by atoms with Gasteiger partial charge < -0.3 is 4.90 Å². The fourth-order valence-corrected chi connectivity index (χ4v) is 3.15. The standard InChI is InChI=1S/C19H19NO/c1-3-9-18-16-12-7-8-13-17(16)19(21)20(18)14(2)15-10-5-4-6-11-15/h3-8,10-14,18H,1,9H2,2H3/t14-,18+/m0/s1. The van der Waals surface area contributed by atoms with E-state index in [1.807, 2.05) is 47.4 Å². The molecular formula is C19H19NO. The smallest absolute Gasteiger partial charge is 0.255 e. The maximum atomic E-state index is 12.8. The molecule has 106 valence electrons. The van der Waals surface area contributed by atoms with Crippen LogP contribution in [0.5, 0.6) is 0 Å². The predicted octanol–water partition coefficient (Wildman–Crippen LogP) is 4.52. The van der Waals surface area contributed by atoms with Crippen LogP contribution in [-0.2, 0) is 0 Å². The van der Waals surface area contributed by atoms with Gasteiger partial charge in [0.05, 0.1) is 12.1 Å². The summed E-state index contributed by atoms with van der Waals surface area (Å²) in [6, 6.07) is 18.2. The fraction of sp³-hybridized carbons (Fsp3) is 0.211. The van der Waals surface area contributed by atoms with Crippen molar-refractivity contribution in [2.24, 2.45) is 0 Å². The second-order valence-electron chi connectivity index (χ2n) is 5.43. The normalized spacial score (nSPS) is 18.4. The highest BCUT2D eigenvalue weighted by Crippen LogP contribution is 2.41. The molecule has 0 saturated carbocycles. The number of benzene rings is 2. The largest absolute Gasteiger partial charge is 0.324 e. The van der Waals surface area contributed by atoms with Gasteiger partial charge in [-0.05, 0) is 30.5 Å². The van der Waals surface area contributed by atoms with Gasteiger partial charge in [0, 0.05) is 5.56 Å². The van der Waals surface area contributed by atoms with Crippen LogP contribution in [0.15, 0.2) is 67.3 Å². The van der Waals surface area contributed by atoms with E-state index in [-0.39, 0.29) is 18.0 Å². The highest BCUT2D eigenvalue weighted by Gasteiger charge is 2.38. The van der Waals surface area contributed by atoms with E-state index < -0.39 is 0 Å². The summed E-state index contributed by atoms with van der Waals surface area (Å²) >= 11 is 0. The molecule has 21 heavy (non-hydrogen) atoms. The van der Waals surface area contributed by atoms with E-state index in [0.29, 0.717) is 0 Å². The number of rotatable bonds is 4. The maximum absolute atomic E-state index is 12.8. The first-order valence-electron chi connectivity index (χ1n) is 7.31. The molecule has 2 aromatic rings. The Morgan fingerprint density at radius 1 is 1.14 bits per heavy atom. The van der Waals surface area contributed by atoms with E-state index in [1.165, 1.54) is 0 Å². The van der Waals surface area contributed by atoms with E-state index in [1.54, 1.807) is 0 Å². The highest BCUT2D eigenvalue weighted by molar-refractivity contribution is 5.99. The van der Waals surface area contributed by atoms with Gasteiger partial charge >= 0.3 is 0 Å². The lowest BCUT2D eigenvalue weighted by Gasteiger charge is -2.31. The third-order valence-electron chi connectivity index (χ3n) is 4.21. The van der Waals surface area contributed by atoms with Crippen LogP contribution in [0.4, 0.5) is 0 Å². The minimum atomic E-state index is 0.0519. The summed E-state index contributed by atoms with van der Waals surface area (Å²) in [6.07, 6.45) is 2.67. The molecule has 2 aromatic carbocycles. The van der Waals surface area contributed by atoms with Crippen LogP contribution in [0.25, 0.3) is 0 Å². The molecule has 2 heteroatoms. The minimum Gasteiger partial charge on any atom is -0.324 e. The van der Waals surface area contributed by atoms with Crippen LogP contribution in [-0.4, -0.2) is 10.8 Å². The molecule has 2 atom stereocenters. The van der Waals surface area contributed by atoms with Crippen molar-refractivity contribution in [1.82, 2.24) is 4.90 Å². The van der Waals surface area contributed by atoms with Crippen molar-refractivity contribution in [2.45, 2.75) is 25.4 Å². The Morgan fingerprint density at radius 2 is 1.81 bits per heavy atom. The van der Waals surface area contributed by atoms with Crippen molar-refractivity contribution in [3.8, 4) is 0 Å². The van der Waals surface area contributed by atoms with Crippen LogP contribution >= 0.6 is 0 Å². The molecule has 0 bridgehead atoms. The summed E-state index contributed by atoms with van der Waals surface area (Å²) in [7, 11) is 0. The van der Waals surface area contributed by atoms with Gasteiger partial charge in [0.2, 0.25) is 0 Å². The van der Waals surface area contributed by atoms with E-state index in [0.717, 1.165) is 23.1 Å². The number of carbonyl (C=O) groups excluding carboxylic acids is 1. The molecule has 0 aromatic heterocycles. The lowest BCUT2D eigenvalue weighted by atomic mass is 10.0. The zero-order valence-corrected chi connectivity index (χ0v) is 12.2. The average Bonchev–Trinajstić information content (AvgIpc) is 2.81. The monoisotopic (exact) mass is 277 g/mol. The molecular weight excluding hydrogens is 258 g/mol. The quantitative estimate of drug-likeness (QED) is 0.752. The zero-order chi connectivity index (χ0) is 14.8. The molecule has 0 N–H and O–H groups in total. The van der Waals surface area contributed by atoms with Crippen LogP contribution < -0.4 is 0 Å². The summed E-state index contributed by atoms with van der Waals surface area (Å²) in [4.78, 5) is 14.8. The van der Waals surface area contributed by atoms with Crippen LogP contribution in [0.1, 0.15) is 46.9 Å². The summed E-state index contributed by atoms with van der Waals surface area (Å²) in [5.41, 5.74) is 3.10. The molecule has 0 unspecified atom stereocenters. The fourth-order valence-electron chi connectivity index (χ4n) is 3.15. The Labute approximate surface area is 125 Å². The first kappa shape index (κ1) is 13.6. The third kappa shape index (κ3) is 2.27. The Bertz CT molecular complexity index is 662. The van der Waals surface area contributed by atoms with Crippen molar-refractivity contribution in [1.29, 1.82) is 0 Å². The number of amides is 1. The zero-order valence-electron chi connectivity index (χ0n) is 12.2. The SMILES string of the molecule is C=CC[C@@H]1c2ccccc2C(=O)N1[C@@H](C)c1ccccc1. The molecule has 2 nitrogen and oxygen atoms in total. The molecule has 1 aliphatic heterocycles. The summed E-state index contributed by atoms with van der Waals surface area (Å²) in [5.74, 6) is 0.119. The van der Waals surface area contributed by atoms with E-state index >= 15 is 0 Å². The van der Waals surface area contributed by atoms with Crippen molar-refractivity contribution < 1.29 is 4.79 Å². The first-order chi connectivity index (χ1) is 10.2. The van der Waals surface area contributed by atoms with Gasteiger partial charge in [-0.1, -0.05) is 54.6 Å². The lowest BCUT2D eigenvalue weighted by Crippen LogP contribution is -2.30. The molecule has 1 heterocycles. The van der Waals surface area contributed by atoms with Gasteiger partial charge in [0.1, 0.15) is 0 Å². The molecule has 0 fully saturated rings. The van der Waals surface area contributed by atoms with E-state index in [9.17, 15) is 4.79 Å². The molecule has 0 saturated heterocycles. The van der Waals surface area contributed by atoms with E-state index in [4.69, 9.17) is 0 Å². The highest BCUT2D eigenvalue weighted by atomic mass is 16.2. The van der Waals surface area contributed by atoms with Gasteiger partial charge in [-0.15, -0.1) is 6.58 Å². The van der Waals surface area contributed by atoms with Crippen molar-refractivity contribution in [3.05, 3.63) is 83.9 Å². The second kappa shape index (κ2) is 5.57. The molecule has 0 spiro atoms.